The van der Waals surface area contributed by atoms with Crippen LogP contribution in [0.3, 0.4) is 0 Å². The third kappa shape index (κ3) is 1.51. The maximum absolute atomic E-state index is 11.9. The van der Waals surface area contributed by atoms with Gasteiger partial charge in [-0.25, -0.2) is 4.79 Å². The lowest BCUT2D eigenvalue weighted by molar-refractivity contribution is -0.230. The molecule has 0 aromatic rings. The Labute approximate surface area is 118 Å². The van der Waals surface area contributed by atoms with E-state index < -0.39 is 53.3 Å². The van der Waals surface area contributed by atoms with E-state index in [9.17, 15) is 29.4 Å². The number of hydrogen-bond donors (Lipinski definition) is 2. The van der Waals surface area contributed by atoms with Gasteiger partial charge in [-0.3, -0.25) is 14.4 Å². The molecule has 8 nitrogen and oxygen atoms in total. The van der Waals surface area contributed by atoms with Crippen molar-refractivity contribution in [2.75, 3.05) is 0 Å². The molecule has 0 bridgehead atoms. The van der Waals surface area contributed by atoms with Gasteiger partial charge in [0.15, 0.2) is 0 Å². The lowest BCUT2D eigenvalue weighted by atomic mass is 9.63. The fraction of sp³-hybridized carbons (Fsp3) is 0.538. The highest BCUT2D eigenvalue weighted by Gasteiger charge is 2.70. The Balaban J connectivity index is 2.34. The van der Waals surface area contributed by atoms with Crippen LogP contribution in [0.2, 0.25) is 0 Å². The summed E-state index contributed by atoms with van der Waals surface area (Å²) in [6.45, 7) is 2.22. The van der Waals surface area contributed by atoms with Gasteiger partial charge in [0, 0.05) is 5.57 Å². The summed E-state index contributed by atoms with van der Waals surface area (Å²) in [6, 6.07) is 0. The Morgan fingerprint density at radius 1 is 1.29 bits per heavy atom. The van der Waals surface area contributed by atoms with Crippen molar-refractivity contribution >= 4 is 23.7 Å². The van der Waals surface area contributed by atoms with Crippen LogP contribution >= 0.6 is 0 Å². The molecule has 4 atom stereocenters. The van der Waals surface area contributed by atoms with Crippen molar-refractivity contribution in [3.63, 3.8) is 0 Å². The molecular weight excluding hydrogens is 284 g/mol. The molecule has 0 amide bonds. The standard InChI is InChI=1S/C13H12O8/c1-4(14)9-12(2,18)8-7(10(16)20-11(8)17)5-3-6(15)21-13(5,9)19/h8-9,18-19H,3H2,1-2H3. The highest BCUT2D eigenvalue weighted by molar-refractivity contribution is 6.10. The molecule has 2 aliphatic heterocycles. The van der Waals surface area contributed by atoms with E-state index in [1.54, 1.807) is 0 Å². The van der Waals surface area contributed by atoms with Crippen LogP contribution in [0.4, 0.5) is 0 Å². The molecule has 0 radical (unpaired) electrons. The van der Waals surface area contributed by atoms with Crippen LogP contribution in [0.15, 0.2) is 11.1 Å². The van der Waals surface area contributed by atoms with Gasteiger partial charge < -0.3 is 19.7 Å². The van der Waals surface area contributed by atoms with Gasteiger partial charge in [0.05, 0.1) is 17.6 Å². The maximum Gasteiger partial charge on any atom is 0.342 e. The summed E-state index contributed by atoms with van der Waals surface area (Å²) in [5.74, 6) is -9.03. The number of aliphatic hydroxyl groups is 2. The number of carbonyl (C=O) groups excluding carboxylic acids is 4. The summed E-state index contributed by atoms with van der Waals surface area (Å²) < 4.78 is 9.29. The van der Waals surface area contributed by atoms with Gasteiger partial charge in [0.2, 0.25) is 5.79 Å². The SMILES string of the molecule is CC(=O)C1C2(O)OC(=O)CC2=C2C(=O)OC(=O)C2C1(C)O. The maximum atomic E-state index is 11.9. The van der Waals surface area contributed by atoms with E-state index in [0.717, 1.165) is 13.8 Å². The number of ketones is 1. The molecule has 2 heterocycles. The molecule has 8 heteroatoms. The number of rotatable bonds is 1. The van der Waals surface area contributed by atoms with E-state index in [0.29, 0.717) is 0 Å². The second-order valence-electron chi connectivity index (χ2n) is 5.65. The number of esters is 3. The largest absolute Gasteiger partial charge is 0.428 e. The first-order valence-corrected chi connectivity index (χ1v) is 6.27. The summed E-state index contributed by atoms with van der Waals surface area (Å²) in [6.07, 6.45) is -0.440. The lowest BCUT2D eigenvalue weighted by Gasteiger charge is -2.45. The second kappa shape index (κ2) is 3.77. The average Bonchev–Trinajstić information content (AvgIpc) is 2.74. The van der Waals surface area contributed by atoms with Crippen molar-refractivity contribution in [1.29, 1.82) is 0 Å². The Kier molecular flexibility index (Phi) is 2.50. The van der Waals surface area contributed by atoms with Gasteiger partial charge in [-0.1, -0.05) is 0 Å². The number of fused-ring (bicyclic) bond motifs is 2. The van der Waals surface area contributed by atoms with E-state index in [1.165, 1.54) is 0 Å². The zero-order valence-electron chi connectivity index (χ0n) is 11.2. The highest BCUT2D eigenvalue weighted by Crippen LogP contribution is 2.54. The van der Waals surface area contributed by atoms with E-state index in [4.69, 9.17) is 4.74 Å². The number of ether oxygens (including phenoxy) is 2. The molecule has 0 spiro atoms. The van der Waals surface area contributed by atoms with E-state index >= 15 is 0 Å². The van der Waals surface area contributed by atoms with Gasteiger partial charge in [-0.15, -0.1) is 0 Å². The molecule has 3 rings (SSSR count). The number of hydrogen-bond acceptors (Lipinski definition) is 8. The zero-order chi connectivity index (χ0) is 15.7. The minimum Gasteiger partial charge on any atom is -0.428 e. The van der Waals surface area contributed by atoms with Crippen LogP contribution in [0, 0.1) is 11.8 Å². The second-order valence-corrected chi connectivity index (χ2v) is 5.65. The quantitative estimate of drug-likeness (QED) is 0.446. The Bertz CT molecular complexity index is 643. The zero-order valence-corrected chi connectivity index (χ0v) is 11.2. The molecule has 0 aromatic heterocycles. The monoisotopic (exact) mass is 296 g/mol. The molecule has 0 aromatic carbocycles. The minimum absolute atomic E-state index is 0.180. The summed E-state index contributed by atoms with van der Waals surface area (Å²) in [5.41, 5.74) is -2.59. The van der Waals surface area contributed by atoms with Crippen LogP contribution in [0.25, 0.3) is 0 Å². The van der Waals surface area contributed by atoms with Gasteiger partial charge in [0.1, 0.15) is 17.6 Å². The van der Waals surface area contributed by atoms with Crippen molar-refractivity contribution in [3.05, 3.63) is 11.1 Å². The fourth-order valence-electron chi connectivity index (χ4n) is 3.58. The number of cyclic esters (lactones) is 2. The average molecular weight is 296 g/mol. The summed E-state index contributed by atoms with van der Waals surface area (Å²) in [5, 5.41) is 21.2. The first-order valence-electron chi connectivity index (χ1n) is 6.27. The van der Waals surface area contributed by atoms with Crippen LogP contribution in [-0.4, -0.2) is 45.3 Å². The van der Waals surface area contributed by atoms with E-state index in [-0.39, 0.29) is 11.1 Å². The van der Waals surface area contributed by atoms with Crippen molar-refractivity contribution in [1.82, 2.24) is 0 Å². The third-order valence-electron chi connectivity index (χ3n) is 4.25. The van der Waals surface area contributed by atoms with Crippen LogP contribution in [0.5, 0.6) is 0 Å². The summed E-state index contributed by atoms with van der Waals surface area (Å²) >= 11 is 0. The van der Waals surface area contributed by atoms with Crippen LogP contribution < -0.4 is 0 Å². The molecule has 2 saturated heterocycles. The van der Waals surface area contributed by atoms with Crippen molar-refractivity contribution in [3.8, 4) is 0 Å². The summed E-state index contributed by atoms with van der Waals surface area (Å²) in [7, 11) is 0. The molecule has 2 N–H and O–H groups in total. The molecule has 2 fully saturated rings. The molecule has 1 aliphatic carbocycles. The first kappa shape index (κ1) is 13.9. The van der Waals surface area contributed by atoms with Gasteiger partial charge in [0.25, 0.3) is 0 Å². The predicted octanol–water partition coefficient (Wildman–Crippen LogP) is -1.41. The number of carbonyl (C=O) groups is 4. The Morgan fingerprint density at radius 3 is 2.48 bits per heavy atom. The fourth-order valence-corrected chi connectivity index (χ4v) is 3.58. The molecule has 0 saturated carbocycles. The summed E-state index contributed by atoms with van der Waals surface area (Å²) in [4.78, 5) is 47.0. The molecule has 3 aliphatic rings. The third-order valence-corrected chi connectivity index (χ3v) is 4.25. The molecule has 21 heavy (non-hydrogen) atoms. The first-order chi connectivity index (χ1) is 9.60. The van der Waals surface area contributed by atoms with Crippen LogP contribution in [-0.2, 0) is 28.7 Å². The van der Waals surface area contributed by atoms with E-state index in [1.807, 2.05) is 0 Å². The smallest absolute Gasteiger partial charge is 0.342 e. The van der Waals surface area contributed by atoms with Crippen molar-refractivity contribution in [2.45, 2.75) is 31.7 Å². The van der Waals surface area contributed by atoms with Gasteiger partial charge in [-0.2, -0.15) is 0 Å². The molecular formula is C13H12O8. The van der Waals surface area contributed by atoms with Crippen molar-refractivity contribution in [2.24, 2.45) is 11.8 Å². The van der Waals surface area contributed by atoms with Gasteiger partial charge >= 0.3 is 17.9 Å². The normalized spacial score (nSPS) is 41.6. The Hall–Kier alpha value is -2.06. The van der Waals surface area contributed by atoms with Gasteiger partial charge in [-0.05, 0) is 13.8 Å². The molecule has 4 unspecified atom stereocenters. The Morgan fingerprint density at radius 2 is 1.90 bits per heavy atom. The number of Topliss-reactive ketones (excluding diaryl/α,β-unsaturated/α-hetero) is 1. The lowest BCUT2D eigenvalue weighted by Crippen LogP contribution is -2.62. The topological polar surface area (TPSA) is 127 Å². The minimum atomic E-state index is -2.43. The van der Waals surface area contributed by atoms with E-state index in [2.05, 4.69) is 4.74 Å². The molecule has 112 valence electrons. The van der Waals surface area contributed by atoms with Crippen molar-refractivity contribution < 1.29 is 38.9 Å². The predicted molar refractivity (Wildman–Crippen MR) is 62.1 cm³/mol. The van der Waals surface area contributed by atoms with Crippen LogP contribution in [0.1, 0.15) is 20.3 Å². The highest BCUT2D eigenvalue weighted by atomic mass is 16.7.